The van der Waals surface area contributed by atoms with E-state index in [1.54, 1.807) is 11.3 Å². The minimum atomic E-state index is 0.287. The highest BCUT2D eigenvalue weighted by atomic mass is 32.1. The first-order valence-corrected chi connectivity index (χ1v) is 7.92. The van der Waals surface area contributed by atoms with Gasteiger partial charge in [-0.2, -0.15) is 0 Å². The van der Waals surface area contributed by atoms with Crippen molar-refractivity contribution < 1.29 is 4.74 Å². The Labute approximate surface area is 120 Å². The van der Waals surface area contributed by atoms with E-state index in [-0.39, 0.29) is 12.2 Å². The van der Waals surface area contributed by atoms with Crippen LogP contribution >= 0.6 is 11.3 Å². The molecule has 1 aromatic heterocycles. The van der Waals surface area contributed by atoms with Gasteiger partial charge in [-0.05, 0) is 26.3 Å². The Kier molecular flexibility index (Phi) is 5.19. The van der Waals surface area contributed by atoms with Crippen molar-refractivity contribution in [2.24, 2.45) is 5.92 Å². The van der Waals surface area contributed by atoms with Gasteiger partial charge in [-0.3, -0.25) is 0 Å². The summed E-state index contributed by atoms with van der Waals surface area (Å²) >= 11 is 1.79. The summed E-state index contributed by atoms with van der Waals surface area (Å²) in [5, 5.41) is 4.59. The van der Waals surface area contributed by atoms with E-state index >= 15 is 0 Å². The van der Waals surface area contributed by atoms with Gasteiger partial charge in [0.1, 0.15) is 0 Å². The van der Waals surface area contributed by atoms with Crippen molar-refractivity contribution in [3.63, 3.8) is 0 Å². The molecule has 1 N–H and O–H groups in total. The molecule has 0 bridgehead atoms. The number of aromatic nitrogens is 1. The molecule has 1 aliphatic rings. The Morgan fingerprint density at radius 3 is 2.74 bits per heavy atom. The molecule has 5 heteroatoms. The Morgan fingerprint density at radius 1 is 1.42 bits per heavy atom. The third-order valence-corrected chi connectivity index (χ3v) is 4.14. The minimum Gasteiger partial charge on any atom is -0.372 e. The topological polar surface area (TPSA) is 37.4 Å². The van der Waals surface area contributed by atoms with E-state index in [1.807, 2.05) is 6.20 Å². The van der Waals surface area contributed by atoms with Crippen LogP contribution in [0.1, 0.15) is 32.6 Å². The van der Waals surface area contributed by atoms with Crippen molar-refractivity contribution in [2.45, 2.75) is 46.4 Å². The third-order valence-electron chi connectivity index (χ3n) is 3.08. The summed E-state index contributed by atoms with van der Waals surface area (Å²) < 4.78 is 5.76. The van der Waals surface area contributed by atoms with Gasteiger partial charge in [0.15, 0.2) is 5.13 Å². The van der Waals surface area contributed by atoms with Crippen LogP contribution in [0.3, 0.4) is 0 Å². The molecule has 0 aliphatic carbocycles. The SMILES string of the molecule is CC(C)CNCc1cnc(N2CC(C)OC(C)C2)s1. The molecule has 1 aliphatic heterocycles. The lowest BCUT2D eigenvalue weighted by molar-refractivity contribution is -0.00522. The van der Waals surface area contributed by atoms with Gasteiger partial charge in [-0.1, -0.05) is 13.8 Å². The molecule has 1 saturated heterocycles. The summed E-state index contributed by atoms with van der Waals surface area (Å²) in [6.45, 7) is 12.6. The Bertz CT molecular complexity index is 384. The molecule has 0 saturated carbocycles. The van der Waals surface area contributed by atoms with Gasteiger partial charge in [-0.15, -0.1) is 11.3 Å². The average Bonchev–Trinajstić information content (AvgIpc) is 2.76. The normalized spacial score (nSPS) is 24.2. The van der Waals surface area contributed by atoms with Gasteiger partial charge >= 0.3 is 0 Å². The van der Waals surface area contributed by atoms with E-state index < -0.39 is 0 Å². The summed E-state index contributed by atoms with van der Waals surface area (Å²) in [5.41, 5.74) is 0. The highest BCUT2D eigenvalue weighted by molar-refractivity contribution is 7.15. The monoisotopic (exact) mass is 283 g/mol. The van der Waals surface area contributed by atoms with Crippen LogP contribution in [-0.4, -0.2) is 36.8 Å². The quantitative estimate of drug-likeness (QED) is 0.901. The summed E-state index contributed by atoms with van der Waals surface area (Å²) in [6.07, 6.45) is 2.57. The van der Waals surface area contributed by atoms with E-state index in [4.69, 9.17) is 4.74 Å². The Morgan fingerprint density at radius 2 is 2.11 bits per heavy atom. The highest BCUT2D eigenvalue weighted by Gasteiger charge is 2.24. The molecule has 1 fully saturated rings. The molecule has 2 heterocycles. The van der Waals surface area contributed by atoms with Crippen LogP contribution in [0.25, 0.3) is 0 Å². The number of nitrogens with zero attached hydrogens (tertiary/aromatic N) is 2. The predicted octanol–water partition coefficient (Wildman–Crippen LogP) is 2.50. The second-order valence-corrected chi connectivity index (χ2v) is 6.89. The summed E-state index contributed by atoms with van der Waals surface area (Å²) in [6, 6.07) is 0. The number of rotatable bonds is 5. The summed E-state index contributed by atoms with van der Waals surface area (Å²) in [7, 11) is 0. The maximum Gasteiger partial charge on any atom is 0.185 e. The Balaban J connectivity index is 1.89. The van der Waals surface area contributed by atoms with E-state index in [0.29, 0.717) is 5.92 Å². The number of nitrogens with one attached hydrogen (secondary N) is 1. The molecule has 0 aromatic carbocycles. The zero-order valence-corrected chi connectivity index (χ0v) is 13.2. The smallest absolute Gasteiger partial charge is 0.185 e. The fourth-order valence-corrected chi connectivity index (χ4v) is 3.24. The van der Waals surface area contributed by atoms with Crippen molar-refractivity contribution in [1.82, 2.24) is 10.3 Å². The van der Waals surface area contributed by atoms with Crippen LogP contribution in [0.4, 0.5) is 5.13 Å². The van der Waals surface area contributed by atoms with Crippen molar-refractivity contribution in [2.75, 3.05) is 24.5 Å². The first-order chi connectivity index (χ1) is 9.04. The standard InChI is InChI=1S/C14H25N3OS/c1-10(2)5-15-6-13-7-16-14(19-13)17-8-11(3)18-12(4)9-17/h7,10-12,15H,5-6,8-9H2,1-4H3. The molecule has 2 rings (SSSR count). The lowest BCUT2D eigenvalue weighted by Crippen LogP contribution is -2.45. The molecule has 108 valence electrons. The third kappa shape index (κ3) is 4.44. The number of anilines is 1. The number of hydrogen-bond acceptors (Lipinski definition) is 5. The molecule has 4 nitrogen and oxygen atoms in total. The molecule has 0 amide bonds. The van der Waals surface area contributed by atoms with Crippen LogP contribution in [0.15, 0.2) is 6.20 Å². The number of morpholine rings is 1. The molecular formula is C14H25N3OS. The van der Waals surface area contributed by atoms with Crippen LogP contribution in [0, 0.1) is 5.92 Å². The van der Waals surface area contributed by atoms with Crippen molar-refractivity contribution in [1.29, 1.82) is 0 Å². The molecule has 0 radical (unpaired) electrons. The fraction of sp³-hybridized carbons (Fsp3) is 0.786. The zero-order chi connectivity index (χ0) is 13.8. The van der Waals surface area contributed by atoms with E-state index in [9.17, 15) is 0 Å². The maximum atomic E-state index is 5.76. The van der Waals surface area contributed by atoms with Crippen LogP contribution in [0.2, 0.25) is 0 Å². The number of ether oxygens (including phenoxy) is 1. The van der Waals surface area contributed by atoms with Crippen LogP contribution in [0.5, 0.6) is 0 Å². The molecule has 1 aromatic rings. The molecule has 2 atom stereocenters. The van der Waals surface area contributed by atoms with Crippen molar-refractivity contribution in [3.8, 4) is 0 Å². The van der Waals surface area contributed by atoms with Gasteiger partial charge in [0, 0.05) is 30.7 Å². The second-order valence-electron chi connectivity index (χ2n) is 5.80. The molecule has 19 heavy (non-hydrogen) atoms. The van der Waals surface area contributed by atoms with Crippen molar-refractivity contribution in [3.05, 3.63) is 11.1 Å². The van der Waals surface area contributed by atoms with Crippen molar-refractivity contribution >= 4 is 16.5 Å². The fourth-order valence-electron chi connectivity index (χ4n) is 2.34. The molecular weight excluding hydrogens is 258 g/mol. The largest absolute Gasteiger partial charge is 0.372 e. The number of thiazole rings is 1. The summed E-state index contributed by atoms with van der Waals surface area (Å²) in [4.78, 5) is 8.21. The van der Waals surface area contributed by atoms with Gasteiger partial charge in [0.05, 0.1) is 12.2 Å². The van der Waals surface area contributed by atoms with Crippen LogP contribution in [-0.2, 0) is 11.3 Å². The average molecular weight is 283 g/mol. The lowest BCUT2D eigenvalue weighted by atomic mass is 10.2. The van der Waals surface area contributed by atoms with E-state index in [1.165, 1.54) is 4.88 Å². The zero-order valence-electron chi connectivity index (χ0n) is 12.3. The number of hydrogen-bond donors (Lipinski definition) is 1. The van der Waals surface area contributed by atoms with E-state index in [2.05, 4.69) is 42.9 Å². The highest BCUT2D eigenvalue weighted by Crippen LogP contribution is 2.25. The minimum absolute atomic E-state index is 0.287. The molecule has 0 spiro atoms. The van der Waals surface area contributed by atoms with Gasteiger partial charge in [-0.25, -0.2) is 4.98 Å². The van der Waals surface area contributed by atoms with E-state index in [0.717, 1.165) is 31.3 Å². The summed E-state index contributed by atoms with van der Waals surface area (Å²) in [5.74, 6) is 0.688. The Hall–Kier alpha value is -0.650. The van der Waals surface area contributed by atoms with Crippen LogP contribution < -0.4 is 10.2 Å². The van der Waals surface area contributed by atoms with Gasteiger partial charge < -0.3 is 15.0 Å². The first-order valence-electron chi connectivity index (χ1n) is 7.10. The van der Waals surface area contributed by atoms with Gasteiger partial charge in [0.25, 0.3) is 0 Å². The lowest BCUT2D eigenvalue weighted by Gasteiger charge is -2.35. The predicted molar refractivity (Wildman–Crippen MR) is 80.9 cm³/mol. The van der Waals surface area contributed by atoms with Gasteiger partial charge in [0.2, 0.25) is 0 Å². The maximum absolute atomic E-state index is 5.76. The first kappa shape index (κ1) is 14.8. The molecule has 2 unspecified atom stereocenters. The second kappa shape index (κ2) is 6.68.